The monoisotopic (exact) mass is 253 g/mol. The van der Waals surface area contributed by atoms with E-state index in [0.29, 0.717) is 6.54 Å². The van der Waals surface area contributed by atoms with Crippen LogP contribution in [0.3, 0.4) is 0 Å². The number of nitrogen functional groups attached to an aromatic ring is 1. The molecule has 0 atom stereocenters. The van der Waals surface area contributed by atoms with Crippen molar-refractivity contribution in [3.63, 3.8) is 0 Å². The summed E-state index contributed by atoms with van der Waals surface area (Å²) in [6, 6.07) is 1.25. The molecule has 0 fully saturated rings. The summed E-state index contributed by atoms with van der Waals surface area (Å²) < 4.78 is 1.44. The van der Waals surface area contributed by atoms with Crippen molar-refractivity contribution in [1.82, 2.24) is 9.55 Å². The smallest absolute Gasteiger partial charge is 0.329 e. The highest BCUT2D eigenvalue weighted by molar-refractivity contribution is 5.26. The molecule has 0 saturated carbocycles. The molecule has 0 aliphatic heterocycles. The number of H-pyrrole nitrogens is 1. The Balaban J connectivity index is 2.84. The lowest BCUT2D eigenvalue weighted by molar-refractivity contribution is 0.268. The number of anilines is 1. The van der Waals surface area contributed by atoms with E-state index in [2.05, 4.69) is 25.8 Å². The van der Waals surface area contributed by atoms with Gasteiger partial charge in [-0.15, -0.1) is 0 Å². The number of hydrogen-bond acceptors (Lipinski definition) is 3. The van der Waals surface area contributed by atoms with Gasteiger partial charge in [0.15, 0.2) is 0 Å². The number of unbranched alkanes of at least 4 members (excludes halogenated alkanes) is 2. The Morgan fingerprint density at radius 1 is 1.33 bits per heavy atom. The van der Waals surface area contributed by atoms with Gasteiger partial charge < -0.3 is 5.73 Å². The molecular formula is C13H23N3O2. The second-order valence-corrected chi connectivity index (χ2v) is 5.57. The van der Waals surface area contributed by atoms with Gasteiger partial charge in [0.25, 0.3) is 5.56 Å². The molecule has 0 amide bonds. The van der Waals surface area contributed by atoms with Crippen LogP contribution in [0.5, 0.6) is 0 Å². The molecule has 0 bridgehead atoms. The molecule has 0 saturated heterocycles. The summed E-state index contributed by atoms with van der Waals surface area (Å²) in [6.45, 7) is 6.91. The third-order valence-electron chi connectivity index (χ3n) is 3.11. The van der Waals surface area contributed by atoms with Crippen LogP contribution >= 0.6 is 0 Å². The van der Waals surface area contributed by atoms with E-state index < -0.39 is 11.2 Å². The maximum absolute atomic E-state index is 11.7. The van der Waals surface area contributed by atoms with Crippen LogP contribution in [0.2, 0.25) is 0 Å². The van der Waals surface area contributed by atoms with E-state index in [9.17, 15) is 9.59 Å². The predicted octanol–water partition coefficient (Wildman–Crippen LogP) is 1.73. The number of nitrogens with one attached hydrogen (secondary N) is 1. The van der Waals surface area contributed by atoms with Gasteiger partial charge in [-0.25, -0.2) is 4.79 Å². The fraction of sp³-hybridized carbons (Fsp3) is 0.692. The van der Waals surface area contributed by atoms with Crippen molar-refractivity contribution < 1.29 is 0 Å². The van der Waals surface area contributed by atoms with Gasteiger partial charge in [-0.3, -0.25) is 14.3 Å². The largest absolute Gasteiger partial charge is 0.385 e. The van der Waals surface area contributed by atoms with Crippen LogP contribution in [0.4, 0.5) is 5.82 Å². The molecule has 1 aromatic rings. The van der Waals surface area contributed by atoms with Crippen molar-refractivity contribution in [3.05, 3.63) is 26.9 Å². The summed E-state index contributed by atoms with van der Waals surface area (Å²) in [4.78, 5) is 25.0. The zero-order valence-electron chi connectivity index (χ0n) is 11.5. The van der Waals surface area contributed by atoms with Gasteiger partial charge in [0.05, 0.1) is 0 Å². The molecular weight excluding hydrogens is 230 g/mol. The van der Waals surface area contributed by atoms with Crippen molar-refractivity contribution in [2.75, 3.05) is 5.73 Å². The lowest BCUT2D eigenvalue weighted by Gasteiger charge is -2.26. The lowest BCUT2D eigenvalue weighted by Crippen LogP contribution is -2.35. The van der Waals surface area contributed by atoms with Crippen LogP contribution < -0.4 is 17.0 Å². The van der Waals surface area contributed by atoms with E-state index in [1.54, 1.807) is 0 Å². The predicted molar refractivity (Wildman–Crippen MR) is 73.7 cm³/mol. The molecule has 5 nitrogen and oxygen atoms in total. The summed E-state index contributed by atoms with van der Waals surface area (Å²) in [5, 5.41) is 0. The number of rotatable bonds is 6. The number of hydrogen-bond donors (Lipinski definition) is 2. The average Bonchev–Trinajstić information content (AvgIpc) is 2.23. The van der Waals surface area contributed by atoms with Gasteiger partial charge in [0, 0.05) is 12.6 Å². The summed E-state index contributed by atoms with van der Waals surface area (Å²) in [5.74, 6) is 0.229. The zero-order chi connectivity index (χ0) is 13.8. The highest BCUT2D eigenvalue weighted by Gasteiger charge is 2.20. The summed E-state index contributed by atoms with van der Waals surface area (Å²) >= 11 is 0. The maximum atomic E-state index is 11.7. The Morgan fingerprint density at radius 3 is 2.56 bits per heavy atom. The van der Waals surface area contributed by atoms with E-state index in [1.807, 2.05) is 0 Å². The van der Waals surface area contributed by atoms with E-state index in [4.69, 9.17) is 5.73 Å². The Hall–Kier alpha value is -1.52. The Labute approximate surface area is 107 Å². The minimum atomic E-state index is -0.447. The van der Waals surface area contributed by atoms with Crippen molar-refractivity contribution in [2.45, 2.75) is 53.0 Å². The third kappa shape index (κ3) is 4.05. The van der Waals surface area contributed by atoms with E-state index in [0.717, 1.165) is 12.8 Å². The molecule has 5 heteroatoms. The van der Waals surface area contributed by atoms with Crippen LogP contribution in [0, 0.1) is 5.41 Å². The lowest BCUT2D eigenvalue weighted by atomic mass is 9.87. The molecule has 0 aliphatic rings. The van der Waals surface area contributed by atoms with Crippen LogP contribution in [0.25, 0.3) is 0 Å². The van der Waals surface area contributed by atoms with Crippen LogP contribution in [0.15, 0.2) is 15.7 Å². The molecule has 1 heterocycles. The molecule has 3 N–H and O–H groups in total. The molecule has 1 aromatic heterocycles. The van der Waals surface area contributed by atoms with Gasteiger partial charge in [-0.1, -0.05) is 40.0 Å². The van der Waals surface area contributed by atoms with Gasteiger partial charge in [0.1, 0.15) is 5.82 Å². The zero-order valence-corrected chi connectivity index (χ0v) is 11.5. The number of nitrogens with two attached hydrogens (primary N) is 1. The molecule has 0 spiro atoms. The number of nitrogens with zero attached hydrogens (tertiary/aromatic N) is 1. The Bertz CT molecular complexity index is 500. The molecule has 102 valence electrons. The average molecular weight is 253 g/mol. The fourth-order valence-electron chi connectivity index (χ4n) is 2.06. The summed E-state index contributed by atoms with van der Waals surface area (Å²) in [7, 11) is 0. The highest BCUT2D eigenvalue weighted by Crippen LogP contribution is 2.25. The standard InChI is InChI=1S/C13H23N3O2/c1-4-5-6-7-13(2,3)9-16-10(14)8-11(17)15-12(16)18/h8H,4-7,9,14H2,1-3H3,(H,15,17,18). The molecule has 0 unspecified atom stereocenters. The van der Waals surface area contributed by atoms with Crippen LogP contribution in [0.1, 0.15) is 46.5 Å². The van der Waals surface area contributed by atoms with Crippen LogP contribution in [-0.4, -0.2) is 9.55 Å². The van der Waals surface area contributed by atoms with Gasteiger partial charge in [-0.2, -0.15) is 0 Å². The first-order valence-electron chi connectivity index (χ1n) is 6.45. The quantitative estimate of drug-likeness (QED) is 0.757. The number of aromatic amines is 1. The summed E-state index contributed by atoms with van der Waals surface area (Å²) in [6.07, 6.45) is 4.55. The van der Waals surface area contributed by atoms with E-state index in [1.165, 1.54) is 23.5 Å². The van der Waals surface area contributed by atoms with Crippen molar-refractivity contribution >= 4 is 5.82 Å². The third-order valence-corrected chi connectivity index (χ3v) is 3.11. The van der Waals surface area contributed by atoms with Crippen molar-refractivity contribution in [2.24, 2.45) is 5.41 Å². The van der Waals surface area contributed by atoms with E-state index >= 15 is 0 Å². The highest BCUT2D eigenvalue weighted by atomic mass is 16.2. The second kappa shape index (κ2) is 5.89. The second-order valence-electron chi connectivity index (χ2n) is 5.57. The Kier molecular flexibility index (Phi) is 4.76. The number of aromatic nitrogens is 2. The minimum Gasteiger partial charge on any atom is -0.385 e. The van der Waals surface area contributed by atoms with E-state index in [-0.39, 0.29) is 11.2 Å². The molecule has 1 rings (SSSR count). The van der Waals surface area contributed by atoms with Crippen molar-refractivity contribution in [3.8, 4) is 0 Å². The first kappa shape index (κ1) is 14.5. The molecule has 18 heavy (non-hydrogen) atoms. The van der Waals surface area contributed by atoms with Gasteiger partial charge in [0.2, 0.25) is 0 Å². The molecule has 0 aliphatic carbocycles. The Morgan fingerprint density at radius 2 is 2.00 bits per heavy atom. The van der Waals surface area contributed by atoms with Gasteiger partial charge >= 0.3 is 5.69 Å². The van der Waals surface area contributed by atoms with Crippen molar-refractivity contribution in [1.29, 1.82) is 0 Å². The summed E-state index contributed by atoms with van der Waals surface area (Å²) in [5.41, 5.74) is 4.84. The van der Waals surface area contributed by atoms with Gasteiger partial charge in [-0.05, 0) is 11.8 Å². The minimum absolute atomic E-state index is 0.00857. The first-order chi connectivity index (χ1) is 8.35. The maximum Gasteiger partial charge on any atom is 0.329 e. The first-order valence-corrected chi connectivity index (χ1v) is 6.45. The molecule has 0 radical (unpaired) electrons. The normalized spacial score (nSPS) is 11.7. The molecule has 0 aromatic carbocycles. The SMILES string of the molecule is CCCCCC(C)(C)Cn1c(N)cc(=O)[nH]c1=O. The van der Waals surface area contributed by atoms with Crippen LogP contribution in [-0.2, 0) is 6.54 Å². The topological polar surface area (TPSA) is 80.9 Å². The fourth-order valence-corrected chi connectivity index (χ4v) is 2.06.